The summed E-state index contributed by atoms with van der Waals surface area (Å²) in [5.41, 5.74) is 10.2. The van der Waals surface area contributed by atoms with Crippen molar-refractivity contribution in [1.82, 2.24) is 25.1 Å². The van der Waals surface area contributed by atoms with Crippen molar-refractivity contribution in [3.63, 3.8) is 0 Å². The minimum Gasteiger partial charge on any atom is -0.404 e. The van der Waals surface area contributed by atoms with Crippen LogP contribution in [-0.2, 0) is 0 Å². The molecule has 0 bridgehead atoms. The molecule has 0 unspecified atom stereocenters. The Balaban J connectivity index is 1.72. The second-order valence-corrected chi connectivity index (χ2v) is 6.89. The normalized spacial score (nSPS) is 16.4. The summed E-state index contributed by atoms with van der Waals surface area (Å²) < 4.78 is 0. The molecule has 0 aliphatic carbocycles. The summed E-state index contributed by atoms with van der Waals surface area (Å²) in [6.45, 7) is 3.97. The van der Waals surface area contributed by atoms with Crippen LogP contribution in [0.2, 0.25) is 0 Å². The molecule has 3 aromatic rings. The number of nitrogens with two attached hydrogens (primary N) is 1. The van der Waals surface area contributed by atoms with E-state index in [-0.39, 0.29) is 0 Å². The lowest BCUT2D eigenvalue weighted by Gasteiger charge is -2.33. The van der Waals surface area contributed by atoms with Crippen LogP contribution in [0.5, 0.6) is 0 Å². The third-order valence-corrected chi connectivity index (χ3v) is 5.07. The molecular weight excluding hydrogens is 352 g/mol. The zero-order valence-electron chi connectivity index (χ0n) is 16.1. The first-order valence-electron chi connectivity index (χ1n) is 9.28. The Hall–Kier alpha value is -3.26. The standard InChI is InChI=1S/C20H24N8/c1-22-12-15(11-21)14-3-4-17-16(9-14)20(26-25-17)18-10-19(24-13-23-18)28-7-5-27(2)6-8-28/h3-4,9-13H,5-8,21H2,1-2H3,(H,25,26). The van der Waals surface area contributed by atoms with Gasteiger partial charge in [0.15, 0.2) is 0 Å². The van der Waals surface area contributed by atoms with Crippen LogP contribution in [0.4, 0.5) is 5.82 Å². The quantitative estimate of drug-likeness (QED) is 0.673. The van der Waals surface area contributed by atoms with E-state index in [2.05, 4.69) is 48.1 Å². The Labute approximate surface area is 163 Å². The van der Waals surface area contributed by atoms with Gasteiger partial charge in [-0.3, -0.25) is 10.1 Å². The van der Waals surface area contributed by atoms with Gasteiger partial charge in [-0.15, -0.1) is 0 Å². The number of hydrogen-bond acceptors (Lipinski definition) is 7. The Morgan fingerprint density at radius 3 is 2.75 bits per heavy atom. The highest BCUT2D eigenvalue weighted by Gasteiger charge is 2.17. The van der Waals surface area contributed by atoms with Crippen molar-refractivity contribution in [1.29, 1.82) is 0 Å². The van der Waals surface area contributed by atoms with E-state index in [1.165, 1.54) is 0 Å². The van der Waals surface area contributed by atoms with E-state index in [1.807, 2.05) is 18.2 Å². The molecule has 1 aliphatic heterocycles. The molecule has 1 aromatic carbocycles. The molecule has 0 spiro atoms. The number of anilines is 1. The third kappa shape index (κ3) is 3.46. The van der Waals surface area contributed by atoms with E-state index < -0.39 is 0 Å². The molecule has 0 amide bonds. The number of nitrogens with one attached hydrogen (secondary N) is 1. The van der Waals surface area contributed by atoms with Crippen LogP contribution < -0.4 is 10.6 Å². The summed E-state index contributed by atoms with van der Waals surface area (Å²) >= 11 is 0. The van der Waals surface area contributed by atoms with E-state index in [1.54, 1.807) is 25.8 Å². The highest BCUT2D eigenvalue weighted by Crippen LogP contribution is 2.29. The van der Waals surface area contributed by atoms with Crippen LogP contribution in [0.15, 0.2) is 41.8 Å². The minimum absolute atomic E-state index is 0.801. The number of benzene rings is 1. The van der Waals surface area contributed by atoms with Crippen LogP contribution in [0, 0.1) is 0 Å². The summed E-state index contributed by atoms with van der Waals surface area (Å²) in [5.74, 6) is 0.936. The average Bonchev–Trinajstić information content (AvgIpc) is 3.16. The van der Waals surface area contributed by atoms with Crippen LogP contribution in [0.1, 0.15) is 5.56 Å². The van der Waals surface area contributed by atoms with Gasteiger partial charge >= 0.3 is 0 Å². The monoisotopic (exact) mass is 376 g/mol. The molecule has 2 aromatic heterocycles. The topological polar surface area (TPSA) is 99.3 Å². The molecule has 0 atom stereocenters. The fourth-order valence-electron chi connectivity index (χ4n) is 3.43. The Morgan fingerprint density at radius 1 is 1.18 bits per heavy atom. The zero-order valence-corrected chi connectivity index (χ0v) is 16.1. The Kier molecular flexibility index (Phi) is 5.03. The number of aliphatic imine (C=N–C) groups is 1. The number of H-pyrrole nitrogens is 1. The number of aromatic nitrogens is 4. The minimum atomic E-state index is 0.801. The van der Waals surface area contributed by atoms with E-state index in [0.29, 0.717) is 0 Å². The van der Waals surface area contributed by atoms with Gasteiger partial charge in [-0.25, -0.2) is 9.97 Å². The lowest BCUT2D eigenvalue weighted by atomic mass is 10.0. The molecule has 3 heterocycles. The SMILES string of the molecule is CN=CC(=CN)c1ccc2[nH]nc(-c3cc(N4CCN(C)CC4)ncn3)c2c1. The fraction of sp³-hybridized carbons (Fsp3) is 0.300. The number of rotatable bonds is 4. The second-order valence-electron chi connectivity index (χ2n) is 6.89. The largest absolute Gasteiger partial charge is 0.404 e. The highest BCUT2D eigenvalue weighted by atomic mass is 15.3. The van der Waals surface area contributed by atoms with Crippen molar-refractivity contribution >= 4 is 28.5 Å². The molecule has 1 fully saturated rings. The molecule has 1 saturated heterocycles. The number of allylic oxidation sites excluding steroid dienone is 1. The average molecular weight is 376 g/mol. The summed E-state index contributed by atoms with van der Waals surface area (Å²) in [5, 5.41) is 8.59. The van der Waals surface area contributed by atoms with Gasteiger partial charge in [0.05, 0.1) is 11.2 Å². The van der Waals surface area contributed by atoms with Gasteiger partial charge in [0.25, 0.3) is 0 Å². The predicted octanol–water partition coefficient (Wildman–Crippen LogP) is 1.77. The van der Waals surface area contributed by atoms with Gasteiger partial charge in [0.1, 0.15) is 17.8 Å². The molecule has 0 radical (unpaired) electrons. The number of piperazine rings is 1. The highest BCUT2D eigenvalue weighted by molar-refractivity contribution is 6.11. The summed E-state index contributed by atoms with van der Waals surface area (Å²) in [4.78, 5) is 17.6. The smallest absolute Gasteiger partial charge is 0.132 e. The van der Waals surface area contributed by atoms with E-state index in [4.69, 9.17) is 5.73 Å². The maximum Gasteiger partial charge on any atom is 0.132 e. The lowest BCUT2D eigenvalue weighted by molar-refractivity contribution is 0.312. The van der Waals surface area contributed by atoms with Crippen molar-refractivity contribution < 1.29 is 0 Å². The molecule has 1 aliphatic rings. The fourth-order valence-corrected chi connectivity index (χ4v) is 3.43. The van der Waals surface area contributed by atoms with Gasteiger partial charge in [-0.05, 0) is 24.7 Å². The van der Waals surface area contributed by atoms with Crippen molar-refractivity contribution in [2.45, 2.75) is 0 Å². The first kappa shape index (κ1) is 18.1. The lowest BCUT2D eigenvalue weighted by Crippen LogP contribution is -2.44. The summed E-state index contributed by atoms with van der Waals surface area (Å²) in [6.07, 6.45) is 4.92. The van der Waals surface area contributed by atoms with Crippen LogP contribution in [0.3, 0.4) is 0 Å². The van der Waals surface area contributed by atoms with Crippen LogP contribution >= 0.6 is 0 Å². The van der Waals surface area contributed by atoms with Crippen molar-refractivity contribution in [3.05, 3.63) is 42.4 Å². The number of hydrogen-bond donors (Lipinski definition) is 2. The van der Waals surface area contributed by atoms with E-state index >= 15 is 0 Å². The number of likely N-dealkylation sites (N-methyl/N-ethyl adjacent to an activating group) is 1. The first-order chi connectivity index (χ1) is 13.7. The van der Waals surface area contributed by atoms with Gasteiger partial charge in [0, 0.05) is 62.7 Å². The second kappa shape index (κ2) is 7.77. The molecule has 8 nitrogen and oxygen atoms in total. The molecule has 3 N–H and O–H groups in total. The zero-order chi connectivity index (χ0) is 19.5. The van der Waals surface area contributed by atoms with Gasteiger partial charge in [-0.2, -0.15) is 5.10 Å². The molecular formula is C20H24N8. The molecule has 28 heavy (non-hydrogen) atoms. The Bertz CT molecular complexity index is 1030. The maximum absolute atomic E-state index is 5.77. The molecule has 0 saturated carbocycles. The molecule has 144 valence electrons. The van der Waals surface area contributed by atoms with E-state index in [9.17, 15) is 0 Å². The first-order valence-corrected chi connectivity index (χ1v) is 9.28. The molecule has 4 rings (SSSR count). The van der Waals surface area contributed by atoms with Crippen molar-refractivity contribution in [2.75, 3.05) is 45.2 Å². The van der Waals surface area contributed by atoms with Crippen molar-refractivity contribution in [3.8, 4) is 11.4 Å². The van der Waals surface area contributed by atoms with Gasteiger partial charge < -0.3 is 15.5 Å². The van der Waals surface area contributed by atoms with Gasteiger partial charge in [-0.1, -0.05) is 6.07 Å². The van der Waals surface area contributed by atoms with Crippen molar-refractivity contribution in [2.24, 2.45) is 10.7 Å². The summed E-state index contributed by atoms with van der Waals surface area (Å²) in [6, 6.07) is 8.07. The Morgan fingerprint density at radius 2 is 2.00 bits per heavy atom. The van der Waals surface area contributed by atoms with Gasteiger partial charge in [0.2, 0.25) is 0 Å². The number of fused-ring (bicyclic) bond motifs is 1. The number of nitrogens with zero attached hydrogens (tertiary/aromatic N) is 6. The summed E-state index contributed by atoms with van der Waals surface area (Å²) in [7, 11) is 3.87. The van der Waals surface area contributed by atoms with Crippen LogP contribution in [0.25, 0.3) is 27.9 Å². The van der Waals surface area contributed by atoms with E-state index in [0.717, 1.165) is 65.4 Å². The van der Waals surface area contributed by atoms with Crippen LogP contribution in [-0.4, -0.2) is 71.6 Å². The molecule has 8 heteroatoms. The predicted molar refractivity (Wildman–Crippen MR) is 113 cm³/mol. The third-order valence-electron chi connectivity index (χ3n) is 5.07. The number of aromatic amines is 1. The maximum atomic E-state index is 5.77.